The van der Waals surface area contributed by atoms with Gasteiger partial charge in [0.1, 0.15) is 11.4 Å². The van der Waals surface area contributed by atoms with Crippen molar-refractivity contribution in [3.63, 3.8) is 0 Å². The van der Waals surface area contributed by atoms with Gasteiger partial charge in [0.15, 0.2) is 5.58 Å². The lowest BCUT2D eigenvalue weighted by Crippen LogP contribution is -2.48. The van der Waals surface area contributed by atoms with Crippen LogP contribution in [0.5, 0.6) is 5.75 Å². The Morgan fingerprint density at radius 1 is 1.38 bits per heavy atom. The van der Waals surface area contributed by atoms with Crippen LogP contribution < -0.4 is 4.74 Å². The Bertz CT molecular complexity index is 704. The SMILES string of the molecule is COc1ccc2onc(CC(=O)N(C(C)C)C3CCOCC3)c2c1. The molecule has 0 spiro atoms. The van der Waals surface area contributed by atoms with Crippen LogP contribution in [-0.2, 0) is 16.0 Å². The van der Waals surface area contributed by atoms with Gasteiger partial charge >= 0.3 is 0 Å². The van der Waals surface area contributed by atoms with Crippen molar-refractivity contribution in [2.45, 2.75) is 45.2 Å². The van der Waals surface area contributed by atoms with E-state index in [1.54, 1.807) is 7.11 Å². The fourth-order valence-electron chi connectivity index (χ4n) is 3.33. The van der Waals surface area contributed by atoms with Gasteiger partial charge in [-0.15, -0.1) is 0 Å². The van der Waals surface area contributed by atoms with Crippen LogP contribution in [0.25, 0.3) is 11.0 Å². The van der Waals surface area contributed by atoms with Gasteiger partial charge in [-0.2, -0.15) is 0 Å². The molecule has 0 radical (unpaired) electrons. The summed E-state index contributed by atoms with van der Waals surface area (Å²) in [7, 11) is 1.62. The van der Waals surface area contributed by atoms with Gasteiger partial charge in [-0.1, -0.05) is 5.16 Å². The average molecular weight is 332 g/mol. The predicted octanol–water partition coefficient (Wildman–Crippen LogP) is 2.79. The quantitative estimate of drug-likeness (QED) is 0.842. The van der Waals surface area contributed by atoms with Gasteiger partial charge in [0.25, 0.3) is 0 Å². The van der Waals surface area contributed by atoms with E-state index in [0.29, 0.717) is 24.5 Å². The van der Waals surface area contributed by atoms with Crippen LogP contribution in [0.2, 0.25) is 0 Å². The molecule has 1 aromatic carbocycles. The van der Waals surface area contributed by atoms with E-state index < -0.39 is 0 Å². The lowest BCUT2D eigenvalue weighted by atomic mass is 10.0. The van der Waals surface area contributed by atoms with Crippen molar-refractivity contribution in [2.75, 3.05) is 20.3 Å². The highest BCUT2D eigenvalue weighted by atomic mass is 16.5. The summed E-state index contributed by atoms with van der Waals surface area (Å²) in [6.07, 6.45) is 2.00. The molecule has 2 aromatic rings. The number of hydrogen-bond donors (Lipinski definition) is 0. The Morgan fingerprint density at radius 2 is 2.12 bits per heavy atom. The first-order chi connectivity index (χ1) is 11.6. The minimum absolute atomic E-state index is 0.0786. The molecule has 1 aliphatic rings. The summed E-state index contributed by atoms with van der Waals surface area (Å²) >= 11 is 0. The maximum atomic E-state index is 12.9. The van der Waals surface area contributed by atoms with Crippen molar-refractivity contribution in [3.05, 3.63) is 23.9 Å². The molecular formula is C18H24N2O4. The number of carbonyl (C=O) groups excluding carboxylic acids is 1. The van der Waals surface area contributed by atoms with Crippen molar-refractivity contribution < 1.29 is 18.8 Å². The molecule has 1 fully saturated rings. The van der Waals surface area contributed by atoms with Gasteiger partial charge < -0.3 is 18.9 Å². The van der Waals surface area contributed by atoms with Crippen LogP contribution in [0.3, 0.4) is 0 Å². The number of benzene rings is 1. The molecule has 0 N–H and O–H groups in total. The molecule has 130 valence electrons. The molecule has 1 saturated heterocycles. The second-order valence-corrected chi connectivity index (χ2v) is 6.41. The van der Waals surface area contributed by atoms with E-state index >= 15 is 0 Å². The summed E-state index contributed by atoms with van der Waals surface area (Å²) in [6, 6.07) is 5.88. The fraction of sp³-hybridized carbons (Fsp3) is 0.556. The molecule has 0 unspecified atom stereocenters. The summed E-state index contributed by atoms with van der Waals surface area (Å²) in [5.41, 5.74) is 1.33. The Kier molecular flexibility index (Phi) is 5.04. The zero-order chi connectivity index (χ0) is 17.1. The van der Waals surface area contributed by atoms with Crippen molar-refractivity contribution in [3.8, 4) is 5.75 Å². The van der Waals surface area contributed by atoms with Crippen LogP contribution in [0, 0.1) is 0 Å². The average Bonchev–Trinajstić information content (AvgIpc) is 2.97. The number of carbonyl (C=O) groups is 1. The van der Waals surface area contributed by atoms with Crippen molar-refractivity contribution >= 4 is 16.9 Å². The van der Waals surface area contributed by atoms with Crippen LogP contribution in [-0.4, -0.2) is 48.4 Å². The van der Waals surface area contributed by atoms with Crippen LogP contribution in [0.4, 0.5) is 0 Å². The van der Waals surface area contributed by atoms with E-state index in [1.165, 1.54) is 0 Å². The first kappa shape index (κ1) is 16.8. The standard InChI is InChI=1S/C18H24N2O4/c1-12(2)20(13-6-8-23-9-7-13)18(21)11-16-15-10-14(22-3)4-5-17(15)24-19-16/h4-5,10,12-13H,6-9,11H2,1-3H3. The summed E-state index contributed by atoms with van der Waals surface area (Å²) in [5, 5.41) is 4.93. The second-order valence-electron chi connectivity index (χ2n) is 6.41. The number of fused-ring (bicyclic) bond motifs is 1. The van der Waals surface area contributed by atoms with Crippen molar-refractivity contribution in [2.24, 2.45) is 0 Å². The zero-order valence-electron chi connectivity index (χ0n) is 14.4. The third-order valence-electron chi connectivity index (χ3n) is 4.50. The van der Waals surface area contributed by atoms with E-state index in [-0.39, 0.29) is 24.4 Å². The number of rotatable bonds is 5. The lowest BCUT2D eigenvalue weighted by Gasteiger charge is -2.37. The van der Waals surface area contributed by atoms with Gasteiger partial charge in [0, 0.05) is 30.7 Å². The molecule has 1 amide bonds. The Morgan fingerprint density at radius 3 is 2.79 bits per heavy atom. The summed E-state index contributed by atoms with van der Waals surface area (Å²) in [4.78, 5) is 14.9. The molecule has 6 heteroatoms. The summed E-state index contributed by atoms with van der Waals surface area (Å²) < 4.78 is 16.0. The largest absolute Gasteiger partial charge is 0.497 e. The van der Waals surface area contributed by atoms with Crippen molar-refractivity contribution in [1.29, 1.82) is 0 Å². The van der Waals surface area contributed by atoms with Crippen molar-refractivity contribution in [1.82, 2.24) is 10.1 Å². The predicted molar refractivity (Wildman–Crippen MR) is 90.1 cm³/mol. The van der Waals surface area contributed by atoms with E-state index in [4.69, 9.17) is 14.0 Å². The molecular weight excluding hydrogens is 308 g/mol. The van der Waals surface area contributed by atoms with E-state index in [9.17, 15) is 4.79 Å². The number of ether oxygens (including phenoxy) is 2. The third kappa shape index (κ3) is 3.38. The highest BCUT2D eigenvalue weighted by Gasteiger charge is 2.28. The maximum absolute atomic E-state index is 12.9. The highest BCUT2D eigenvalue weighted by molar-refractivity contribution is 5.87. The number of hydrogen-bond acceptors (Lipinski definition) is 5. The van der Waals surface area contributed by atoms with Gasteiger partial charge in [-0.25, -0.2) is 0 Å². The Hall–Kier alpha value is -2.08. The van der Waals surface area contributed by atoms with Crippen LogP contribution >= 0.6 is 0 Å². The molecule has 0 bridgehead atoms. The van der Waals surface area contributed by atoms with Crippen LogP contribution in [0.1, 0.15) is 32.4 Å². The van der Waals surface area contributed by atoms with E-state index in [2.05, 4.69) is 19.0 Å². The molecule has 3 rings (SSSR count). The molecule has 2 heterocycles. The molecule has 0 saturated carbocycles. The number of methoxy groups -OCH3 is 1. The van der Waals surface area contributed by atoms with Gasteiger partial charge in [0.05, 0.1) is 13.5 Å². The Labute approximate surface area is 141 Å². The van der Waals surface area contributed by atoms with E-state index in [1.807, 2.05) is 23.1 Å². The number of aromatic nitrogens is 1. The Balaban J connectivity index is 1.81. The molecule has 24 heavy (non-hydrogen) atoms. The minimum Gasteiger partial charge on any atom is -0.497 e. The minimum atomic E-state index is 0.0786. The molecule has 0 aliphatic carbocycles. The van der Waals surface area contributed by atoms with E-state index in [0.717, 1.165) is 24.0 Å². The summed E-state index contributed by atoms with van der Waals surface area (Å²) in [5.74, 6) is 0.805. The van der Waals surface area contributed by atoms with Crippen LogP contribution in [0.15, 0.2) is 22.7 Å². The zero-order valence-corrected chi connectivity index (χ0v) is 14.4. The third-order valence-corrected chi connectivity index (χ3v) is 4.50. The maximum Gasteiger partial charge on any atom is 0.229 e. The highest BCUT2D eigenvalue weighted by Crippen LogP contribution is 2.25. The van der Waals surface area contributed by atoms with Gasteiger partial charge in [-0.3, -0.25) is 4.79 Å². The number of nitrogens with zero attached hydrogens (tertiary/aromatic N) is 2. The molecule has 1 aliphatic heterocycles. The van der Waals surface area contributed by atoms with Gasteiger partial charge in [0.2, 0.25) is 5.91 Å². The fourth-order valence-corrected chi connectivity index (χ4v) is 3.33. The van der Waals surface area contributed by atoms with Gasteiger partial charge in [-0.05, 0) is 44.9 Å². The molecule has 6 nitrogen and oxygen atoms in total. The monoisotopic (exact) mass is 332 g/mol. The number of amides is 1. The molecule has 1 aromatic heterocycles. The first-order valence-corrected chi connectivity index (χ1v) is 8.41. The summed E-state index contributed by atoms with van der Waals surface area (Å²) in [6.45, 7) is 5.53. The smallest absolute Gasteiger partial charge is 0.229 e. The first-order valence-electron chi connectivity index (χ1n) is 8.41. The topological polar surface area (TPSA) is 64.8 Å². The lowest BCUT2D eigenvalue weighted by molar-refractivity contribution is -0.137. The second kappa shape index (κ2) is 7.21. The normalized spacial score (nSPS) is 15.8. The molecule has 0 atom stereocenters.